The van der Waals surface area contributed by atoms with Gasteiger partial charge in [-0.3, -0.25) is 0 Å². The molecule has 0 aromatic carbocycles. The highest BCUT2D eigenvalue weighted by Crippen LogP contribution is 2.18. The second-order valence-corrected chi connectivity index (χ2v) is 2.35. The molecule has 6 heteroatoms. The summed E-state index contributed by atoms with van der Waals surface area (Å²) in [5.41, 5.74) is 0. The zero-order valence-corrected chi connectivity index (χ0v) is 8.19. The number of rotatable bonds is 7. The Hall–Kier alpha value is -0.330. The number of ether oxygens (including phenoxy) is 3. The molecular formula is C8H14F3O3. The van der Waals surface area contributed by atoms with Crippen LogP contribution in [0, 0.1) is 6.29 Å². The normalized spacial score (nSPS) is 12.4. The van der Waals surface area contributed by atoms with Gasteiger partial charge in [-0.2, -0.15) is 13.2 Å². The topological polar surface area (TPSA) is 27.7 Å². The van der Waals surface area contributed by atoms with E-state index in [-0.39, 0.29) is 19.5 Å². The molecule has 0 heterocycles. The molecule has 0 unspecified atom stereocenters. The van der Waals surface area contributed by atoms with Gasteiger partial charge in [-0.1, -0.05) is 0 Å². The lowest BCUT2D eigenvalue weighted by molar-refractivity contribution is -0.198. The molecule has 85 valence electrons. The van der Waals surface area contributed by atoms with Crippen LogP contribution >= 0.6 is 0 Å². The Kier molecular flexibility index (Phi) is 6.86. The number of hydrogen-bond donors (Lipinski definition) is 0. The second-order valence-electron chi connectivity index (χ2n) is 2.35. The van der Waals surface area contributed by atoms with Gasteiger partial charge in [0.1, 0.15) is 13.2 Å². The maximum atomic E-state index is 11.7. The molecule has 0 aliphatic carbocycles. The van der Waals surface area contributed by atoms with Crippen molar-refractivity contribution in [2.45, 2.75) is 20.0 Å². The third kappa shape index (κ3) is 8.28. The average molecular weight is 215 g/mol. The lowest BCUT2D eigenvalue weighted by Gasteiger charge is -2.16. The van der Waals surface area contributed by atoms with E-state index in [0.717, 1.165) is 0 Å². The van der Waals surface area contributed by atoms with E-state index in [1.54, 1.807) is 13.8 Å². The first-order chi connectivity index (χ1) is 6.49. The van der Waals surface area contributed by atoms with Gasteiger partial charge in [0.15, 0.2) is 0 Å². The third-order valence-corrected chi connectivity index (χ3v) is 1.13. The minimum Gasteiger partial charge on any atom is -0.376 e. The molecule has 0 saturated heterocycles. The van der Waals surface area contributed by atoms with Crippen LogP contribution in [0.15, 0.2) is 0 Å². The molecule has 0 N–H and O–H groups in total. The Balaban J connectivity index is 3.72. The van der Waals surface area contributed by atoms with Crippen molar-refractivity contribution < 1.29 is 27.4 Å². The number of hydrogen-bond acceptors (Lipinski definition) is 3. The fourth-order valence-electron chi connectivity index (χ4n) is 0.634. The van der Waals surface area contributed by atoms with Crippen LogP contribution in [0.25, 0.3) is 0 Å². The van der Waals surface area contributed by atoms with E-state index in [0.29, 0.717) is 6.61 Å². The summed E-state index contributed by atoms with van der Waals surface area (Å²) in [5, 5.41) is 0. The predicted octanol–water partition coefficient (Wildman–Crippen LogP) is 2.13. The molecule has 0 amide bonds. The first kappa shape index (κ1) is 13.7. The van der Waals surface area contributed by atoms with Crippen molar-refractivity contribution >= 4 is 0 Å². The van der Waals surface area contributed by atoms with E-state index >= 15 is 0 Å². The molecule has 0 spiro atoms. The van der Waals surface area contributed by atoms with Gasteiger partial charge >= 0.3 is 6.18 Å². The van der Waals surface area contributed by atoms with Crippen LogP contribution in [0.1, 0.15) is 13.8 Å². The van der Waals surface area contributed by atoms with Crippen molar-refractivity contribution in [2.24, 2.45) is 0 Å². The van der Waals surface area contributed by atoms with Crippen molar-refractivity contribution in [1.29, 1.82) is 0 Å². The molecule has 0 fully saturated rings. The van der Waals surface area contributed by atoms with Crippen molar-refractivity contribution in [1.82, 2.24) is 0 Å². The van der Waals surface area contributed by atoms with E-state index in [9.17, 15) is 13.2 Å². The molecule has 0 bridgehead atoms. The van der Waals surface area contributed by atoms with Gasteiger partial charge in [0, 0.05) is 13.2 Å². The third-order valence-electron chi connectivity index (χ3n) is 1.13. The van der Waals surface area contributed by atoms with Gasteiger partial charge in [0.05, 0.1) is 0 Å². The fraction of sp³-hybridized carbons (Fsp3) is 0.875. The molecule has 0 rings (SSSR count). The van der Waals surface area contributed by atoms with Crippen LogP contribution in [-0.2, 0) is 14.2 Å². The summed E-state index contributed by atoms with van der Waals surface area (Å²) in [4.78, 5) is 0. The number of alkyl halides is 3. The van der Waals surface area contributed by atoms with Crippen molar-refractivity contribution in [3.63, 3.8) is 0 Å². The Labute approximate surface area is 81.1 Å². The maximum Gasteiger partial charge on any atom is 0.411 e. The van der Waals surface area contributed by atoms with Gasteiger partial charge in [0.2, 0.25) is 0 Å². The minimum atomic E-state index is -4.35. The highest BCUT2D eigenvalue weighted by atomic mass is 19.4. The van der Waals surface area contributed by atoms with Gasteiger partial charge in [-0.05, 0) is 13.8 Å². The van der Waals surface area contributed by atoms with Crippen molar-refractivity contribution in [3.05, 3.63) is 6.29 Å². The molecular weight excluding hydrogens is 201 g/mol. The van der Waals surface area contributed by atoms with Crippen LogP contribution in [-0.4, -0.2) is 32.6 Å². The van der Waals surface area contributed by atoms with Gasteiger partial charge < -0.3 is 14.2 Å². The molecule has 14 heavy (non-hydrogen) atoms. The summed E-state index contributed by atoms with van der Waals surface area (Å²) < 4.78 is 49.3. The highest BCUT2D eigenvalue weighted by molar-refractivity contribution is 4.65. The van der Waals surface area contributed by atoms with E-state index in [2.05, 4.69) is 4.74 Å². The summed E-state index contributed by atoms with van der Waals surface area (Å²) >= 11 is 0. The summed E-state index contributed by atoms with van der Waals surface area (Å²) in [7, 11) is 0. The first-order valence-corrected chi connectivity index (χ1v) is 4.25. The van der Waals surface area contributed by atoms with Crippen LogP contribution in [0.2, 0.25) is 0 Å². The van der Waals surface area contributed by atoms with Crippen LogP contribution < -0.4 is 0 Å². The fourth-order valence-corrected chi connectivity index (χ4v) is 0.634. The predicted molar refractivity (Wildman–Crippen MR) is 43.4 cm³/mol. The van der Waals surface area contributed by atoms with Crippen molar-refractivity contribution in [2.75, 3.05) is 26.4 Å². The molecule has 3 nitrogen and oxygen atoms in total. The Morgan fingerprint density at radius 3 is 2.14 bits per heavy atom. The van der Waals surface area contributed by atoms with Crippen molar-refractivity contribution in [3.8, 4) is 0 Å². The Bertz CT molecular complexity index is 138. The molecule has 1 radical (unpaired) electrons. The molecule has 0 aromatic rings. The van der Waals surface area contributed by atoms with Gasteiger partial charge in [-0.15, -0.1) is 0 Å². The Morgan fingerprint density at radius 1 is 1.07 bits per heavy atom. The zero-order valence-electron chi connectivity index (χ0n) is 8.19. The van der Waals surface area contributed by atoms with Crippen LogP contribution in [0.5, 0.6) is 0 Å². The summed E-state index contributed by atoms with van der Waals surface area (Å²) in [6, 6.07) is 0. The number of halogens is 3. The van der Waals surface area contributed by atoms with E-state index < -0.39 is 12.8 Å². The monoisotopic (exact) mass is 215 g/mol. The standard InChI is InChI=1S/C8H14F3O3/c1-3-12-5-7(13-4-2)14-6-8(9,10)11/h3-6H2,1-2H3. The molecule has 0 saturated carbocycles. The summed E-state index contributed by atoms with van der Waals surface area (Å²) in [6.45, 7) is 2.61. The second kappa shape index (κ2) is 7.03. The van der Waals surface area contributed by atoms with Gasteiger partial charge in [-0.25, -0.2) is 0 Å². The first-order valence-electron chi connectivity index (χ1n) is 4.25. The maximum absolute atomic E-state index is 11.7. The SMILES string of the molecule is CCOC[C](OCC)OCC(F)(F)F. The summed E-state index contributed by atoms with van der Waals surface area (Å²) in [5.74, 6) is 0. The lowest BCUT2D eigenvalue weighted by atomic mass is 10.6. The lowest BCUT2D eigenvalue weighted by Crippen LogP contribution is -2.23. The van der Waals surface area contributed by atoms with E-state index in [1.165, 1.54) is 0 Å². The smallest absolute Gasteiger partial charge is 0.376 e. The zero-order chi connectivity index (χ0) is 11.0. The Morgan fingerprint density at radius 2 is 1.71 bits per heavy atom. The quantitative estimate of drug-likeness (QED) is 0.651. The van der Waals surface area contributed by atoms with Gasteiger partial charge in [0.25, 0.3) is 6.29 Å². The molecule has 0 atom stereocenters. The molecule has 0 aliphatic heterocycles. The average Bonchev–Trinajstić information content (AvgIpc) is 2.08. The molecule has 0 aromatic heterocycles. The summed E-state index contributed by atoms with van der Waals surface area (Å²) in [6.07, 6.45) is -4.49. The van der Waals surface area contributed by atoms with Crippen LogP contribution in [0.3, 0.4) is 0 Å². The highest BCUT2D eigenvalue weighted by Gasteiger charge is 2.30. The largest absolute Gasteiger partial charge is 0.411 e. The van der Waals surface area contributed by atoms with Crippen LogP contribution in [0.4, 0.5) is 13.2 Å². The minimum absolute atomic E-state index is 0.0690. The van der Waals surface area contributed by atoms with E-state index in [4.69, 9.17) is 9.47 Å². The van der Waals surface area contributed by atoms with E-state index in [1.807, 2.05) is 0 Å². The molecule has 0 aliphatic rings.